The molecule has 1 aliphatic carbocycles. The number of rotatable bonds is 2. The van der Waals surface area contributed by atoms with Crippen molar-refractivity contribution in [3.05, 3.63) is 22.9 Å². The van der Waals surface area contributed by atoms with Gasteiger partial charge in [-0.1, -0.05) is 23.7 Å². The van der Waals surface area contributed by atoms with E-state index >= 15 is 0 Å². The minimum absolute atomic E-state index is 0.0468. The number of aromatic amines is 1. The molecule has 0 bridgehead atoms. The minimum atomic E-state index is -0.585. The van der Waals surface area contributed by atoms with Crippen LogP contribution in [-0.4, -0.2) is 30.2 Å². The van der Waals surface area contributed by atoms with Crippen molar-refractivity contribution in [1.82, 2.24) is 30.2 Å². The molecule has 4 rings (SSSR count). The van der Waals surface area contributed by atoms with Gasteiger partial charge in [0.2, 0.25) is 0 Å². The molecule has 1 aromatic heterocycles. The molecule has 3 heterocycles. The summed E-state index contributed by atoms with van der Waals surface area (Å²) in [5.41, 5.74) is 1.72. The maximum absolute atomic E-state index is 14.8. The van der Waals surface area contributed by atoms with Gasteiger partial charge in [-0.05, 0) is 26.7 Å². The Morgan fingerprint density at radius 1 is 1.04 bits per heavy atom. The summed E-state index contributed by atoms with van der Waals surface area (Å²) in [6.07, 6.45) is 5.05. The van der Waals surface area contributed by atoms with E-state index in [4.69, 9.17) is 0 Å². The maximum Gasteiger partial charge on any atom is 0.183 e. The topological polar surface area (TPSA) is 72.3 Å². The third-order valence-electron chi connectivity index (χ3n) is 4.86. The summed E-state index contributed by atoms with van der Waals surface area (Å²) >= 11 is 0. The molecule has 0 saturated heterocycles. The Labute approximate surface area is 137 Å². The quantitative estimate of drug-likeness (QED) is 0.776. The molecule has 8 heteroatoms. The number of aromatic nitrogens is 6. The van der Waals surface area contributed by atoms with E-state index in [-0.39, 0.29) is 23.1 Å². The van der Waals surface area contributed by atoms with E-state index in [1.807, 2.05) is 0 Å². The Balaban J connectivity index is 1.90. The van der Waals surface area contributed by atoms with Crippen LogP contribution >= 0.6 is 0 Å². The van der Waals surface area contributed by atoms with E-state index in [9.17, 15) is 8.87 Å². The van der Waals surface area contributed by atoms with Crippen LogP contribution in [0.5, 0.6) is 0 Å². The largest absolute Gasteiger partial charge is 0.228 e. The molecule has 0 unspecified atom stereocenters. The first-order valence-electron chi connectivity index (χ1n) is 8.20. The summed E-state index contributed by atoms with van der Waals surface area (Å²) in [5.74, 6) is -0.456. The van der Waals surface area contributed by atoms with Crippen molar-refractivity contribution >= 4 is 0 Å². The molecule has 0 atom stereocenters. The minimum Gasteiger partial charge on any atom is -0.228 e. The number of hydrogen-bond acceptors (Lipinski definition) is 4. The Morgan fingerprint density at radius 2 is 1.79 bits per heavy atom. The average Bonchev–Trinajstić information content (AvgIpc) is 3.15. The van der Waals surface area contributed by atoms with Crippen LogP contribution < -0.4 is 0 Å². The summed E-state index contributed by atoms with van der Waals surface area (Å²) in [4.78, 5) is 9.05. The van der Waals surface area contributed by atoms with Crippen LogP contribution in [0.3, 0.4) is 0 Å². The molecule has 24 heavy (non-hydrogen) atoms. The lowest BCUT2D eigenvalue weighted by molar-refractivity contribution is 0.352. The zero-order valence-electron chi connectivity index (χ0n) is 13.6. The van der Waals surface area contributed by atoms with Gasteiger partial charge in [0.25, 0.3) is 0 Å². The molecule has 126 valence electrons. The lowest BCUT2D eigenvalue weighted by Gasteiger charge is -2.19. The second-order valence-electron chi connectivity index (χ2n) is 6.40. The fourth-order valence-electron chi connectivity index (χ4n) is 3.51. The first kappa shape index (κ1) is 15.2. The van der Waals surface area contributed by atoms with Gasteiger partial charge in [-0.2, -0.15) is 20.2 Å². The summed E-state index contributed by atoms with van der Waals surface area (Å²) in [6.45, 7) is 3.29. The third-order valence-corrected chi connectivity index (χ3v) is 4.86. The second kappa shape index (κ2) is 5.61. The molecule has 1 N–H and O–H groups in total. The first-order chi connectivity index (χ1) is 11.6. The summed E-state index contributed by atoms with van der Waals surface area (Å²) in [5, 5.41) is 10.4. The molecule has 0 amide bonds. The number of nitrogens with one attached hydrogen (secondary N) is 1. The van der Waals surface area contributed by atoms with Crippen LogP contribution in [0.4, 0.5) is 8.87 Å². The summed E-state index contributed by atoms with van der Waals surface area (Å²) < 4.78 is 29.6. The number of halogens is 2. The zero-order valence-corrected chi connectivity index (χ0v) is 13.6. The van der Waals surface area contributed by atoms with Crippen molar-refractivity contribution in [1.29, 1.82) is 0 Å². The van der Waals surface area contributed by atoms with Gasteiger partial charge in [0.15, 0.2) is 17.3 Å². The highest BCUT2D eigenvalue weighted by atomic mass is 19.2. The number of H-pyrrole nitrogens is 1. The van der Waals surface area contributed by atoms with Crippen LogP contribution in [0.15, 0.2) is 0 Å². The fourth-order valence-corrected chi connectivity index (χ4v) is 3.51. The molecule has 1 aromatic rings. The van der Waals surface area contributed by atoms with Gasteiger partial charge in [0.05, 0.1) is 17.1 Å². The van der Waals surface area contributed by atoms with Gasteiger partial charge in [0, 0.05) is 5.92 Å². The van der Waals surface area contributed by atoms with Crippen molar-refractivity contribution in [3.63, 3.8) is 0 Å². The zero-order chi connectivity index (χ0) is 16.8. The van der Waals surface area contributed by atoms with Crippen molar-refractivity contribution < 1.29 is 8.87 Å². The predicted octanol–water partition coefficient (Wildman–Crippen LogP) is 3.70. The molecule has 1 fully saturated rings. The molecule has 0 aromatic carbocycles. The molecule has 1 saturated carbocycles. The number of aryl methyl sites for hydroxylation is 1. The Morgan fingerprint density at radius 3 is 2.46 bits per heavy atom. The molecule has 3 aliphatic rings. The van der Waals surface area contributed by atoms with Crippen molar-refractivity contribution in [3.8, 4) is 22.9 Å². The van der Waals surface area contributed by atoms with Gasteiger partial charge >= 0.3 is 0 Å². The van der Waals surface area contributed by atoms with E-state index < -0.39 is 5.82 Å². The number of nitrogens with zero attached hydrogens (tertiary/aromatic N) is 5. The normalized spacial score (nSPS) is 16.2. The molecular weight excluding hydrogens is 314 g/mol. The van der Waals surface area contributed by atoms with Gasteiger partial charge in [0.1, 0.15) is 11.4 Å². The van der Waals surface area contributed by atoms with E-state index in [1.54, 1.807) is 13.8 Å². The number of hydrogen-bond donors (Lipinski definition) is 1. The molecule has 6 nitrogen and oxygen atoms in total. The predicted molar refractivity (Wildman–Crippen MR) is 83.8 cm³/mol. The van der Waals surface area contributed by atoms with Gasteiger partial charge in [-0.3, -0.25) is 0 Å². The van der Waals surface area contributed by atoms with Gasteiger partial charge in [-0.25, -0.2) is 14.4 Å². The first-order valence-corrected chi connectivity index (χ1v) is 8.20. The fraction of sp³-hybridized carbons (Fsp3) is 0.500. The molecule has 2 aliphatic heterocycles. The Hall–Kier alpha value is -2.38. The van der Waals surface area contributed by atoms with Crippen LogP contribution in [0.25, 0.3) is 22.9 Å². The molecule has 0 radical (unpaired) electrons. The Bertz CT molecular complexity index is 862. The highest BCUT2D eigenvalue weighted by Crippen LogP contribution is 2.39. The van der Waals surface area contributed by atoms with E-state index in [0.717, 1.165) is 32.1 Å². The number of fused-ring (bicyclic) bond motifs is 1. The summed E-state index contributed by atoms with van der Waals surface area (Å²) in [7, 11) is 0. The third kappa shape index (κ3) is 2.20. The van der Waals surface area contributed by atoms with Gasteiger partial charge in [-0.15, -0.1) is 0 Å². The Kier molecular flexibility index (Phi) is 3.54. The van der Waals surface area contributed by atoms with Crippen LogP contribution in [0, 0.1) is 19.7 Å². The van der Waals surface area contributed by atoms with E-state index in [2.05, 4.69) is 25.4 Å². The summed E-state index contributed by atoms with van der Waals surface area (Å²) in [6, 6.07) is 0. The van der Waals surface area contributed by atoms with Gasteiger partial charge < -0.3 is 0 Å². The monoisotopic (exact) mass is 332 g/mol. The van der Waals surface area contributed by atoms with Crippen molar-refractivity contribution in [2.45, 2.75) is 51.9 Å². The SMILES string of the molecule is Cc1n[nH]nc1-c1nc2nc(C3CCCCC3)c(F)c-2n(F)c1C. The molecular formula is C16H18F2N6. The highest BCUT2D eigenvalue weighted by Gasteiger charge is 2.31. The lowest BCUT2D eigenvalue weighted by Crippen LogP contribution is -2.06. The van der Waals surface area contributed by atoms with Crippen LogP contribution in [-0.2, 0) is 0 Å². The second-order valence-corrected chi connectivity index (χ2v) is 6.40. The highest BCUT2D eigenvalue weighted by molar-refractivity contribution is 5.66. The molecule has 0 spiro atoms. The average molecular weight is 332 g/mol. The standard InChI is InChI=1S/C16H18F2N6/c1-8-12(22-23-21-8)13-9(2)24(18)15-11(17)14(20-16(15)19-13)10-6-4-3-5-7-10/h10H,3-7H2,1-2H3,(H,21,22,23). The van der Waals surface area contributed by atoms with Crippen LogP contribution in [0.1, 0.15) is 55.1 Å². The van der Waals surface area contributed by atoms with Crippen LogP contribution in [0.2, 0.25) is 0 Å². The smallest absolute Gasteiger partial charge is 0.183 e. The lowest BCUT2D eigenvalue weighted by atomic mass is 9.87. The van der Waals surface area contributed by atoms with E-state index in [0.29, 0.717) is 27.6 Å². The van der Waals surface area contributed by atoms with Crippen molar-refractivity contribution in [2.24, 2.45) is 0 Å². The van der Waals surface area contributed by atoms with Crippen molar-refractivity contribution in [2.75, 3.05) is 0 Å². The maximum atomic E-state index is 14.8. The van der Waals surface area contributed by atoms with E-state index in [1.165, 1.54) is 0 Å².